The topological polar surface area (TPSA) is 39.2 Å². The molecule has 0 N–H and O–H groups in total. The van der Waals surface area contributed by atoms with Crippen LogP contribution in [0.4, 0.5) is 0 Å². The summed E-state index contributed by atoms with van der Waals surface area (Å²) in [4.78, 5) is 14.7. The number of pyridine rings is 1. The van der Waals surface area contributed by atoms with Crippen LogP contribution in [0.3, 0.4) is 0 Å². The summed E-state index contributed by atoms with van der Waals surface area (Å²) in [5, 5.41) is 0.505. The summed E-state index contributed by atoms with van der Waals surface area (Å²) in [6, 6.07) is 1.53. The third-order valence-electron chi connectivity index (χ3n) is 1.38. The number of aromatic nitrogens is 1. The first-order chi connectivity index (χ1) is 7.13. The van der Waals surface area contributed by atoms with Gasteiger partial charge in [-0.15, -0.1) is 0 Å². The van der Waals surface area contributed by atoms with Crippen LogP contribution in [-0.4, -0.2) is 17.6 Å². The lowest BCUT2D eigenvalue weighted by atomic mass is 10.3. The quantitative estimate of drug-likeness (QED) is 0.432. The van der Waals surface area contributed by atoms with Gasteiger partial charge in [-0.05, 0) is 13.0 Å². The predicted octanol–water partition coefficient (Wildman–Crippen LogP) is 2.30. The molecule has 0 amide bonds. The van der Waals surface area contributed by atoms with Gasteiger partial charge in [-0.2, -0.15) is 0 Å². The van der Waals surface area contributed by atoms with Crippen molar-refractivity contribution in [3.8, 4) is 11.8 Å². The molecule has 0 saturated heterocycles. The van der Waals surface area contributed by atoms with Gasteiger partial charge < -0.3 is 4.74 Å². The summed E-state index contributed by atoms with van der Waals surface area (Å²) in [7, 11) is 0. The van der Waals surface area contributed by atoms with E-state index in [1.807, 2.05) is 0 Å². The van der Waals surface area contributed by atoms with E-state index in [2.05, 4.69) is 21.6 Å². The van der Waals surface area contributed by atoms with Crippen molar-refractivity contribution in [2.45, 2.75) is 6.92 Å². The lowest BCUT2D eigenvalue weighted by molar-refractivity contribution is -0.136. The van der Waals surface area contributed by atoms with Crippen LogP contribution in [0.25, 0.3) is 0 Å². The number of hydrogen-bond donors (Lipinski definition) is 0. The van der Waals surface area contributed by atoms with Crippen LogP contribution >= 0.6 is 23.2 Å². The Morgan fingerprint density at radius 1 is 1.60 bits per heavy atom. The number of nitrogens with zero attached hydrogens (tertiary/aromatic N) is 1. The summed E-state index contributed by atoms with van der Waals surface area (Å²) < 4.78 is 4.63. The Balaban J connectivity index is 2.80. The van der Waals surface area contributed by atoms with E-state index in [0.29, 0.717) is 17.2 Å². The van der Waals surface area contributed by atoms with Crippen molar-refractivity contribution in [2.75, 3.05) is 6.61 Å². The summed E-state index contributed by atoms with van der Waals surface area (Å²) in [6.07, 6.45) is 1.43. The SMILES string of the molecule is CCOC(=O)C#Cc1cnc(Cl)c(Cl)c1. The van der Waals surface area contributed by atoms with E-state index in [1.165, 1.54) is 12.3 Å². The number of esters is 1. The lowest BCUT2D eigenvalue weighted by Gasteiger charge is -1.94. The van der Waals surface area contributed by atoms with Crippen molar-refractivity contribution in [1.29, 1.82) is 0 Å². The molecule has 1 aromatic heterocycles. The second-order valence-corrected chi connectivity index (χ2v) is 3.23. The predicted molar refractivity (Wildman–Crippen MR) is 57.8 cm³/mol. The van der Waals surface area contributed by atoms with Gasteiger partial charge in [0.05, 0.1) is 11.6 Å². The van der Waals surface area contributed by atoms with Crippen molar-refractivity contribution in [1.82, 2.24) is 4.98 Å². The molecule has 3 nitrogen and oxygen atoms in total. The molecule has 0 saturated carbocycles. The summed E-state index contributed by atoms with van der Waals surface area (Å²) in [5.74, 6) is 4.28. The van der Waals surface area contributed by atoms with Crippen molar-refractivity contribution in [2.24, 2.45) is 0 Å². The number of halogens is 2. The standard InChI is InChI=1S/C10H7Cl2NO2/c1-2-15-9(14)4-3-7-5-8(11)10(12)13-6-7/h5-6H,2H2,1H3. The Morgan fingerprint density at radius 2 is 2.33 bits per heavy atom. The molecule has 15 heavy (non-hydrogen) atoms. The van der Waals surface area contributed by atoms with Crippen molar-refractivity contribution in [3.63, 3.8) is 0 Å². The normalized spacial score (nSPS) is 9.00. The Hall–Kier alpha value is -1.24. The van der Waals surface area contributed by atoms with E-state index in [1.54, 1.807) is 6.92 Å². The molecule has 0 aliphatic rings. The Bertz CT molecular complexity index is 435. The number of hydrogen-bond acceptors (Lipinski definition) is 3. The van der Waals surface area contributed by atoms with Gasteiger partial charge in [-0.1, -0.05) is 29.1 Å². The van der Waals surface area contributed by atoms with E-state index < -0.39 is 5.97 Å². The molecule has 1 aromatic rings. The third-order valence-corrected chi connectivity index (χ3v) is 2.07. The molecular weight excluding hydrogens is 237 g/mol. The second kappa shape index (κ2) is 5.59. The molecule has 0 bridgehead atoms. The van der Waals surface area contributed by atoms with Gasteiger partial charge in [0.25, 0.3) is 0 Å². The summed E-state index contributed by atoms with van der Waals surface area (Å²) >= 11 is 11.3. The zero-order valence-corrected chi connectivity index (χ0v) is 9.39. The molecular formula is C10H7Cl2NO2. The maximum Gasteiger partial charge on any atom is 0.384 e. The highest BCUT2D eigenvalue weighted by Gasteiger charge is 1.99. The van der Waals surface area contributed by atoms with Gasteiger partial charge >= 0.3 is 5.97 Å². The van der Waals surface area contributed by atoms with Gasteiger partial charge in [0, 0.05) is 17.7 Å². The fourth-order valence-corrected chi connectivity index (χ4v) is 1.05. The second-order valence-electron chi connectivity index (χ2n) is 2.47. The first kappa shape index (κ1) is 11.8. The monoisotopic (exact) mass is 243 g/mol. The van der Waals surface area contributed by atoms with E-state index in [-0.39, 0.29) is 5.15 Å². The highest BCUT2D eigenvalue weighted by atomic mass is 35.5. The van der Waals surface area contributed by atoms with Crippen LogP contribution in [0, 0.1) is 11.8 Å². The zero-order chi connectivity index (χ0) is 11.3. The number of carbonyl (C=O) groups excluding carboxylic acids is 1. The largest absolute Gasteiger partial charge is 0.456 e. The van der Waals surface area contributed by atoms with Gasteiger partial charge in [-0.25, -0.2) is 9.78 Å². The molecule has 0 aliphatic carbocycles. The van der Waals surface area contributed by atoms with Gasteiger partial charge in [0.15, 0.2) is 0 Å². The van der Waals surface area contributed by atoms with Gasteiger partial charge in [0.2, 0.25) is 0 Å². The molecule has 0 unspecified atom stereocenters. The molecule has 78 valence electrons. The molecule has 1 heterocycles. The minimum absolute atomic E-state index is 0.207. The third kappa shape index (κ3) is 3.78. The van der Waals surface area contributed by atoms with Crippen molar-refractivity contribution in [3.05, 3.63) is 28.0 Å². The highest BCUT2D eigenvalue weighted by molar-refractivity contribution is 6.41. The smallest absolute Gasteiger partial charge is 0.384 e. The van der Waals surface area contributed by atoms with Crippen LogP contribution in [0.1, 0.15) is 12.5 Å². The maximum absolute atomic E-state index is 10.9. The molecule has 5 heteroatoms. The fraction of sp³-hybridized carbons (Fsp3) is 0.200. The molecule has 0 spiro atoms. The average Bonchev–Trinajstić information content (AvgIpc) is 2.20. The molecule has 0 radical (unpaired) electrons. The first-order valence-corrected chi connectivity index (χ1v) is 4.89. The fourth-order valence-electron chi connectivity index (χ4n) is 0.780. The van der Waals surface area contributed by atoms with E-state index in [9.17, 15) is 4.79 Å². The first-order valence-electron chi connectivity index (χ1n) is 4.13. The molecule has 0 atom stereocenters. The van der Waals surface area contributed by atoms with E-state index in [0.717, 1.165) is 0 Å². The molecule has 1 rings (SSSR count). The summed E-state index contributed by atoms with van der Waals surface area (Å²) in [6.45, 7) is 2.01. The van der Waals surface area contributed by atoms with Crippen LogP contribution in [0.2, 0.25) is 10.2 Å². The van der Waals surface area contributed by atoms with E-state index >= 15 is 0 Å². The minimum atomic E-state index is -0.580. The van der Waals surface area contributed by atoms with Crippen LogP contribution in [0.15, 0.2) is 12.3 Å². The van der Waals surface area contributed by atoms with Crippen LogP contribution in [-0.2, 0) is 9.53 Å². The van der Waals surface area contributed by atoms with Gasteiger partial charge in [-0.3, -0.25) is 0 Å². The zero-order valence-electron chi connectivity index (χ0n) is 7.88. The Morgan fingerprint density at radius 3 is 2.93 bits per heavy atom. The average molecular weight is 244 g/mol. The van der Waals surface area contributed by atoms with Gasteiger partial charge in [0.1, 0.15) is 5.15 Å². The highest BCUT2D eigenvalue weighted by Crippen LogP contribution is 2.18. The van der Waals surface area contributed by atoms with Crippen molar-refractivity contribution < 1.29 is 9.53 Å². The van der Waals surface area contributed by atoms with E-state index in [4.69, 9.17) is 23.2 Å². The van der Waals surface area contributed by atoms with Crippen LogP contribution < -0.4 is 0 Å². The number of carbonyl (C=O) groups is 1. The Labute approximate surface area is 97.4 Å². The number of rotatable bonds is 1. The lowest BCUT2D eigenvalue weighted by Crippen LogP contribution is -1.99. The number of ether oxygens (including phenoxy) is 1. The Kier molecular flexibility index (Phi) is 4.41. The summed E-state index contributed by atoms with van der Waals surface area (Å²) in [5.41, 5.74) is 0.512. The molecule has 0 fully saturated rings. The maximum atomic E-state index is 10.9. The molecule has 0 aliphatic heterocycles. The minimum Gasteiger partial charge on any atom is -0.456 e. The molecule has 0 aromatic carbocycles. The van der Waals surface area contributed by atoms with Crippen LogP contribution in [0.5, 0.6) is 0 Å². The van der Waals surface area contributed by atoms with Crippen molar-refractivity contribution >= 4 is 29.2 Å².